The van der Waals surface area contributed by atoms with Crippen LogP contribution in [-0.4, -0.2) is 38.2 Å². The lowest BCUT2D eigenvalue weighted by Gasteiger charge is -2.45. The molecule has 2 heterocycles. The van der Waals surface area contributed by atoms with Crippen LogP contribution >= 0.6 is 11.3 Å². The summed E-state index contributed by atoms with van der Waals surface area (Å²) in [6.07, 6.45) is 7.13. The van der Waals surface area contributed by atoms with E-state index >= 15 is 0 Å². The molecular weight excluding hydrogens is 312 g/mol. The molecule has 2 aromatic rings. The number of fused-ring (bicyclic) bond motifs is 2. The van der Waals surface area contributed by atoms with Crippen LogP contribution in [0.2, 0.25) is 0 Å². The second-order valence-electron chi connectivity index (χ2n) is 6.57. The van der Waals surface area contributed by atoms with E-state index in [1.165, 1.54) is 41.6 Å². The number of nitrogens with two attached hydrogens (primary N) is 1. The van der Waals surface area contributed by atoms with Crippen LogP contribution in [-0.2, 0) is 0 Å². The molecule has 2 aliphatic rings. The van der Waals surface area contributed by atoms with Crippen LogP contribution in [0.5, 0.6) is 0 Å². The van der Waals surface area contributed by atoms with Gasteiger partial charge in [-0.25, -0.2) is 0 Å². The predicted octanol–water partition coefficient (Wildman–Crippen LogP) is 1.36. The monoisotopic (exact) mass is 332 g/mol. The van der Waals surface area contributed by atoms with Crippen molar-refractivity contribution in [3.63, 3.8) is 0 Å². The summed E-state index contributed by atoms with van der Waals surface area (Å²) in [7, 11) is 0. The van der Waals surface area contributed by atoms with Gasteiger partial charge in [0.1, 0.15) is 11.2 Å². The van der Waals surface area contributed by atoms with E-state index in [-0.39, 0.29) is 18.0 Å². The van der Waals surface area contributed by atoms with Crippen LogP contribution < -0.4 is 11.1 Å². The molecular formula is C15H20N6OS. The van der Waals surface area contributed by atoms with Gasteiger partial charge in [-0.2, -0.15) is 4.68 Å². The van der Waals surface area contributed by atoms with Gasteiger partial charge in [0.15, 0.2) is 0 Å². The summed E-state index contributed by atoms with van der Waals surface area (Å²) in [5.41, 5.74) is 6.90. The number of aromatic nitrogens is 4. The van der Waals surface area contributed by atoms with E-state index in [1.54, 1.807) is 0 Å². The molecule has 0 spiro atoms. The van der Waals surface area contributed by atoms with Crippen LogP contribution in [0.3, 0.4) is 0 Å². The minimum absolute atomic E-state index is 0.0251. The summed E-state index contributed by atoms with van der Waals surface area (Å²) in [5, 5.41) is 16.3. The molecule has 2 bridgehead atoms. The van der Waals surface area contributed by atoms with E-state index in [2.05, 4.69) is 20.8 Å². The highest BCUT2D eigenvalue weighted by Crippen LogP contribution is 2.40. The van der Waals surface area contributed by atoms with Gasteiger partial charge in [-0.1, -0.05) is 6.42 Å². The van der Waals surface area contributed by atoms with E-state index in [9.17, 15) is 4.79 Å². The van der Waals surface area contributed by atoms with Gasteiger partial charge in [0.25, 0.3) is 5.91 Å². The largest absolute Gasteiger partial charge is 0.348 e. The molecule has 0 radical (unpaired) electrons. The second kappa shape index (κ2) is 6.01. The molecule has 3 N–H and O–H groups in total. The van der Waals surface area contributed by atoms with E-state index in [4.69, 9.17) is 5.73 Å². The Bertz CT molecular complexity index is 670. The number of hydrogen-bond acceptors (Lipinski definition) is 6. The molecule has 7 nitrogen and oxygen atoms in total. The Hall–Kier alpha value is -1.80. The Labute approximate surface area is 138 Å². The van der Waals surface area contributed by atoms with E-state index in [0.717, 1.165) is 18.5 Å². The summed E-state index contributed by atoms with van der Waals surface area (Å²) >= 11 is 1.42. The van der Waals surface area contributed by atoms with Crippen LogP contribution in [0, 0.1) is 11.8 Å². The fourth-order valence-corrected chi connectivity index (χ4v) is 4.95. The van der Waals surface area contributed by atoms with Crippen molar-refractivity contribution in [3.05, 3.63) is 22.7 Å². The zero-order chi connectivity index (χ0) is 15.8. The Kier molecular flexibility index (Phi) is 3.86. The molecule has 2 aliphatic carbocycles. The third-order valence-corrected chi connectivity index (χ3v) is 6.02. The Balaban J connectivity index is 1.54. The van der Waals surface area contributed by atoms with E-state index in [1.807, 2.05) is 11.4 Å². The van der Waals surface area contributed by atoms with Crippen LogP contribution in [0.1, 0.15) is 41.8 Å². The molecule has 8 heteroatoms. The molecule has 2 saturated carbocycles. The molecule has 0 aliphatic heterocycles. The molecule has 2 aromatic heterocycles. The number of rotatable bonds is 3. The van der Waals surface area contributed by atoms with Crippen molar-refractivity contribution < 1.29 is 4.79 Å². The molecule has 0 saturated heterocycles. The minimum Gasteiger partial charge on any atom is -0.348 e. The topological polar surface area (TPSA) is 98.7 Å². The molecule has 2 fully saturated rings. The van der Waals surface area contributed by atoms with Crippen molar-refractivity contribution in [1.82, 2.24) is 25.5 Å². The first kappa shape index (κ1) is 14.8. The molecule has 2 atom stereocenters. The number of nitrogens with one attached hydrogen (secondary N) is 1. The Morgan fingerprint density at radius 2 is 2.13 bits per heavy atom. The van der Waals surface area contributed by atoms with Gasteiger partial charge in [-0.15, -0.1) is 16.4 Å². The third-order valence-electron chi connectivity index (χ3n) is 5.12. The minimum atomic E-state index is -0.0251. The van der Waals surface area contributed by atoms with Crippen LogP contribution in [0.15, 0.2) is 17.8 Å². The quantitative estimate of drug-likeness (QED) is 0.884. The second-order valence-corrected chi connectivity index (χ2v) is 7.49. The first-order valence-corrected chi connectivity index (χ1v) is 8.97. The van der Waals surface area contributed by atoms with E-state index in [0.29, 0.717) is 16.7 Å². The SMILES string of the molecule is NC1CC2CCCC(C1)C2NC(=O)c1sccc1-n1cnnn1. The first-order chi connectivity index (χ1) is 11.2. The van der Waals surface area contributed by atoms with Crippen molar-refractivity contribution in [2.24, 2.45) is 17.6 Å². The summed E-state index contributed by atoms with van der Waals surface area (Å²) in [5.74, 6) is 0.999. The summed E-state index contributed by atoms with van der Waals surface area (Å²) in [4.78, 5) is 13.4. The molecule has 1 amide bonds. The summed E-state index contributed by atoms with van der Waals surface area (Å²) in [6, 6.07) is 2.41. The smallest absolute Gasteiger partial charge is 0.263 e. The maximum atomic E-state index is 12.8. The molecule has 2 unspecified atom stereocenters. The number of carbonyl (C=O) groups excluding carboxylic acids is 1. The maximum absolute atomic E-state index is 12.8. The maximum Gasteiger partial charge on any atom is 0.263 e. The van der Waals surface area contributed by atoms with Gasteiger partial charge < -0.3 is 11.1 Å². The third kappa shape index (κ3) is 2.76. The van der Waals surface area contributed by atoms with Crippen molar-refractivity contribution in [1.29, 1.82) is 0 Å². The fourth-order valence-electron chi connectivity index (χ4n) is 4.17. The lowest BCUT2D eigenvalue weighted by molar-refractivity contribution is 0.0759. The number of amides is 1. The lowest BCUT2D eigenvalue weighted by atomic mass is 9.67. The molecule has 23 heavy (non-hydrogen) atoms. The Morgan fingerprint density at radius 1 is 1.35 bits per heavy atom. The van der Waals surface area contributed by atoms with Crippen LogP contribution in [0.25, 0.3) is 5.69 Å². The average molecular weight is 332 g/mol. The molecule has 4 rings (SSSR count). The number of tetrazole rings is 1. The standard InChI is InChI=1S/C15H20N6OS/c16-11-6-9-2-1-3-10(7-11)13(9)18-15(22)14-12(4-5-23-14)21-8-17-19-20-21/h4-5,8-11,13H,1-3,6-7,16H2,(H,18,22). The first-order valence-electron chi connectivity index (χ1n) is 8.09. The summed E-state index contributed by atoms with van der Waals surface area (Å²) < 4.78 is 1.53. The number of nitrogens with zero attached hydrogens (tertiary/aromatic N) is 4. The Morgan fingerprint density at radius 3 is 2.83 bits per heavy atom. The highest BCUT2D eigenvalue weighted by atomic mass is 32.1. The van der Waals surface area contributed by atoms with Crippen molar-refractivity contribution in [2.75, 3.05) is 0 Å². The highest BCUT2D eigenvalue weighted by Gasteiger charge is 2.40. The molecule has 122 valence electrons. The number of hydrogen-bond donors (Lipinski definition) is 2. The molecule has 0 aromatic carbocycles. The number of thiophene rings is 1. The van der Waals surface area contributed by atoms with Crippen molar-refractivity contribution in [2.45, 2.75) is 44.2 Å². The van der Waals surface area contributed by atoms with Gasteiger partial charge in [-0.05, 0) is 59.4 Å². The summed E-state index contributed by atoms with van der Waals surface area (Å²) in [6.45, 7) is 0. The lowest BCUT2D eigenvalue weighted by Crippen LogP contribution is -2.53. The van der Waals surface area contributed by atoms with Gasteiger partial charge in [0.2, 0.25) is 0 Å². The van der Waals surface area contributed by atoms with Gasteiger partial charge >= 0.3 is 0 Å². The zero-order valence-electron chi connectivity index (χ0n) is 12.8. The predicted molar refractivity (Wildman–Crippen MR) is 86.3 cm³/mol. The highest BCUT2D eigenvalue weighted by molar-refractivity contribution is 7.12. The van der Waals surface area contributed by atoms with Gasteiger partial charge in [-0.3, -0.25) is 4.79 Å². The van der Waals surface area contributed by atoms with Crippen LogP contribution in [0.4, 0.5) is 0 Å². The van der Waals surface area contributed by atoms with E-state index < -0.39 is 0 Å². The van der Waals surface area contributed by atoms with Gasteiger partial charge in [0, 0.05) is 12.1 Å². The van der Waals surface area contributed by atoms with Gasteiger partial charge in [0.05, 0.1) is 5.69 Å². The fraction of sp³-hybridized carbons (Fsp3) is 0.600. The zero-order valence-corrected chi connectivity index (χ0v) is 13.6. The normalized spacial score (nSPS) is 30.1. The average Bonchev–Trinajstić information content (AvgIpc) is 3.18. The van der Waals surface area contributed by atoms with Crippen molar-refractivity contribution in [3.8, 4) is 5.69 Å². The number of carbonyl (C=O) groups is 1. The van der Waals surface area contributed by atoms with Crippen molar-refractivity contribution >= 4 is 17.2 Å².